The maximum atomic E-state index is 12.5. The number of aliphatic hydroxyl groups is 1. The lowest BCUT2D eigenvalue weighted by Gasteiger charge is -2.37. The molecule has 1 fully saturated rings. The average Bonchev–Trinajstić information content (AvgIpc) is 2.95. The number of oxazole rings is 1. The highest BCUT2D eigenvalue weighted by Crippen LogP contribution is 2.33. The molecule has 1 saturated heterocycles. The van der Waals surface area contributed by atoms with Gasteiger partial charge in [-0.3, -0.25) is 0 Å². The van der Waals surface area contributed by atoms with Crippen molar-refractivity contribution in [2.24, 2.45) is 7.05 Å². The first-order valence-electron chi connectivity index (χ1n) is 6.17. The first-order valence-corrected chi connectivity index (χ1v) is 6.17. The summed E-state index contributed by atoms with van der Waals surface area (Å²) < 4.78 is 44.0. The van der Waals surface area contributed by atoms with Gasteiger partial charge in [-0.1, -0.05) is 0 Å². The zero-order chi connectivity index (χ0) is 15.2. The smallest absolute Gasteiger partial charge is 0.443 e. The molecule has 10 heteroatoms. The Morgan fingerprint density at radius 3 is 2.67 bits per heavy atom. The number of anilines is 1. The number of nitrogens with zero attached hydrogens (tertiary/aromatic N) is 5. The van der Waals surface area contributed by atoms with Gasteiger partial charge in [0.05, 0.1) is 12.1 Å². The quantitative estimate of drug-likeness (QED) is 0.908. The molecule has 1 N–H and O–H groups in total. The molecule has 114 valence electrons. The highest BCUT2D eigenvalue weighted by molar-refractivity contribution is 5.37. The number of hydrogen-bond donors (Lipinski definition) is 1. The number of aliphatic hydroxyl groups excluding tert-OH is 1. The predicted molar refractivity (Wildman–Crippen MR) is 63.4 cm³/mol. The summed E-state index contributed by atoms with van der Waals surface area (Å²) in [4.78, 5) is 9.20. The Morgan fingerprint density at radius 1 is 1.43 bits per heavy atom. The molecule has 2 aromatic rings. The van der Waals surface area contributed by atoms with Crippen LogP contribution < -0.4 is 4.90 Å². The summed E-state index contributed by atoms with van der Waals surface area (Å²) in [5.41, 5.74) is 0. The first-order chi connectivity index (χ1) is 9.88. The van der Waals surface area contributed by atoms with Gasteiger partial charge < -0.3 is 14.4 Å². The largest absolute Gasteiger partial charge is 0.453 e. The summed E-state index contributed by atoms with van der Waals surface area (Å²) in [6, 6.07) is 0. The normalized spacial score (nSPS) is 16.3. The molecule has 3 heterocycles. The molecule has 1 aliphatic heterocycles. The van der Waals surface area contributed by atoms with Crippen LogP contribution in [0.3, 0.4) is 0 Å². The molecular formula is C11H12F3N5O2. The van der Waals surface area contributed by atoms with Crippen molar-refractivity contribution in [1.29, 1.82) is 0 Å². The lowest BCUT2D eigenvalue weighted by Crippen LogP contribution is -2.46. The third-order valence-corrected chi connectivity index (χ3v) is 3.23. The summed E-state index contributed by atoms with van der Waals surface area (Å²) in [5.74, 6) is -0.194. The highest BCUT2D eigenvalue weighted by Gasteiger charge is 2.40. The molecule has 7 nitrogen and oxygen atoms in total. The molecule has 0 aliphatic carbocycles. The van der Waals surface area contributed by atoms with E-state index in [2.05, 4.69) is 15.1 Å². The zero-order valence-corrected chi connectivity index (χ0v) is 11.0. The fourth-order valence-electron chi connectivity index (χ4n) is 2.15. The second kappa shape index (κ2) is 4.72. The van der Waals surface area contributed by atoms with Crippen molar-refractivity contribution >= 4 is 5.95 Å². The number of rotatable bonds is 3. The summed E-state index contributed by atoms with van der Waals surface area (Å²) in [6.45, 7) is 0.645. The molecule has 0 unspecified atom stereocenters. The lowest BCUT2D eigenvalue weighted by atomic mass is 10.0. The Kier molecular flexibility index (Phi) is 3.12. The minimum Gasteiger partial charge on any atom is -0.443 e. The summed E-state index contributed by atoms with van der Waals surface area (Å²) in [6.07, 6.45) is -3.12. The molecule has 3 rings (SSSR count). The van der Waals surface area contributed by atoms with E-state index >= 15 is 0 Å². The molecule has 0 saturated carbocycles. The Labute approximate surface area is 117 Å². The predicted octanol–water partition coefficient (Wildman–Crippen LogP) is 0.918. The van der Waals surface area contributed by atoms with Gasteiger partial charge in [-0.15, -0.1) is 5.10 Å². The molecule has 0 spiro atoms. The lowest BCUT2D eigenvalue weighted by molar-refractivity contribution is -0.144. The van der Waals surface area contributed by atoms with Crippen molar-refractivity contribution in [3.63, 3.8) is 0 Å². The number of halogens is 3. The van der Waals surface area contributed by atoms with E-state index in [0.29, 0.717) is 24.7 Å². The van der Waals surface area contributed by atoms with Gasteiger partial charge in [-0.25, -0.2) is 9.67 Å². The van der Waals surface area contributed by atoms with Crippen LogP contribution in [0.1, 0.15) is 23.4 Å². The second-order valence-electron chi connectivity index (χ2n) is 4.78. The minimum atomic E-state index is -4.56. The van der Waals surface area contributed by atoms with E-state index < -0.39 is 12.0 Å². The van der Waals surface area contributed by atoms with Crippen LogP contribution in [0.4, 0.5) is 19.1 Å². The van der Waals surface area contributed by atoms with Crippen molar-refractivity contribution in [2.45, 2.75) is 18.7 Å². The van der Waals surface area contributed by atoms with Crippen molar-refractivity contribution in [3.8, 4) is 0 Å². The van der Waals surface area contributed by atoms with Crippen molar-refractivity contribution < 1.29 is 22.7 Å². The van der Waals surface area contributed by atoms with Gasteiger partial charge in [0.1, 0.15) is 12.4 Å². The van der Waals surface area contributed by atoms with Crippen LogP contribution in [0.15, 0.2) is 10.6 Å². The van der Waals surface area contributed by atoms with E-state index in [1.807, 2.05) is 0 Å². The summed E-state index contributed by atoms with van der Waals surface area (Å²) in [5, 5.41) is 12.3. The van der Waals surface area contributed by atoms with E-state index in [4.69, 9.17) is 9.52 Å². The number of hydrogen-bond acceptors (Lipinski definition) is 6. The maximum absolute atomic E-state index is 12.5. The molecule has 0 atom stereocenters. The Balaban J connectivity index is 1.70. The Bertz CT molecular complexity index is 645. The minimum absolute atomic E-state index is 0.0312. The molecule has 0 bridgehead atoms. The molecule has 0 amide bonds. The SMILES string of the molecule is Cn1nc(C(F)(F)F)nc1N1CC(c2ncc(CO)o2)C1. The molecular weight excluding hydrogens is 291 g/mol. The molecule has 0 radical (unpaired) electrons. The fraction of sp³-hybridized carbons (Fsp3) is 0.545. The van der Waals surface area contributed by atoms with Crippen molar-refractivity contribution in [1.82, 2.24) is 19.7 Å². The second-order valence-corrected chi connectivity index (χ2v) is 4.78. The third kappa shape index (κ3) is 2.46. The molecule has 21 heavy (non-hydrogen) atoms. The van der Waals surface area contributed by atoms with Crippen LogP contribution in [-0.4, -0.2) is 37.9 Å². The number of aromatic nitrogens is 4. The maximum Gasteiger partial charge on any atom is 0.453 e. The molecule has 0 aromatic carbocycles. The van der Waals surface area contributed by atoms with Crippen LogP contribution in [0.2, 0.25) is 0 Å². The zero-order valence-electron chi connectivity index (χ0n) is 11.0. The van der Waals surface area contributed by atoms with E-state index in [1.165, 1.54) is 13.2 Å². The van der Waals surface area contributed by atoms with Crippen LogP contribution >= 0.6 is 0 Å². The van der Waals surface area contributed by atoms with Crippen LogP contribution in [-0.2, 0) is 19.8 Å². The monoisotopic (exact) mass is 303 g/mol. The third-order valence-electron chi connectivity index (χ3n) is 3.23. The van der Waals surface area contributed by atoms with Crippen LogP contribution in [0.5, 0.6) is 0 Å². The van der Waals surface area contributed by atoms with E-state index in [0.717, 1.165) is 4.68 Å². The van der Waals surface area contributed by atoms with Gasteiger partial charge in [0.25, 0.3) is 5.82 Å². The van der Waals surface area contributed by atoms with Crippen LogP contribution in [0, 0.1) is 0 Å². The van der Waals surface area contributed by atoms with E-state index in [9.17, 15) is 13.2 Å². The highest BCUT2D eigenvalue weighted by atomic mass is 19.4. The van der Waals surface area contributed by atoms with Crippen molar-refractivity contribution in [3.05, 3.63) is 23.7 Å². The van der Waals surface area contributed by atoms with E-state index in [1.54, 1.807) is 4.90 Å². The number of aryl methyl sites for hydroxylation is 1. The standard InChI is InChI=1S/C11H12F3N5O2/c1-18-10(16-9(17-18)11(12,13)14)19-3-6(4-19)8-15-2-7(5-20)21-8/h2,6,20H,3-5H2,1H3. The summed E-state index contributed by atoms with van der Waals surface area (Å²) in [7, 11) is 1.42. The Hall–Kier alpha value is -2.10. The van der Waals surface area contributed by atoms with Gasteiger partial charge in [-0.2, -0.15) is 18.2 Å². The van der Waals surface area contributed by atoms with Gasteiger partial charge in [0.15, 0.2) is 0 Å². The van der Waals surface area contributed by atoms with Gasteiger partial charge in [0.2, 0.25) is 11.8 Å². The summed E-state index contributed by atoms with van der Waals surface area (Å²) >= 11 is 0. The first kappa shape index (κ1) is 13.9. The molecule has 1 aliphatic rings. The topological polar surface area (TPSA) is 80.2 Å². The Morgan fingerprint density at radius 2 is 2.14 bits per heavy atom. The fourth-order valence-corrected chi connectivity index (χ4v) is 2.15. The van der Waals surface area contributed by atoms with Crippen molar-refractivity contribution in [2.75, 3.05) is 18.0 Å². The van der Waals surface area contributed by atoms with Gasteiger partial charge in [0, 0.05) is 20.1 Å². The number of alkyl halides is 3. The van der Waals surface area contributed by atoms with Crippen LogP contribution in [0.25, 0.3) is 0 Å². The average molecular weight is 303 g/mol. The van der Waals surface area contributed by atoms with Gasteiger partial charge >= 0.3 is 6.18 Å². The van der Waals surface area contributed by atoms with E-state index in [-0.39, 0.29) is 18.5 Å². The molecule has 2 aromatic heterocycles. The van der Waals surface area contributed by atoms with Gasteiger partial charge in [-0.05, 0) is 0 Å².